The maximum atomic E-state index is 11.0. The van der Waals surface area contributed by atoms with E-state index in [-0.39, 0.29) is 5.56 Å². The second-order valence-corrected chi connectivity index (χ2v) is 3.94. The largest absolute Gasteiger partial charge is 0.496 e. The number of benzene rings is 1. The molecule has 0 spiro atoms. The molecule has 1 aromatic carbocycles. The summed E-state index contributed by atoms with van der Waals surface area (Å²) in [6.07, 6.45) is 4.80. The monoisotopic (exact) mass is 284 g/mol. The van der Waals surface area contributed by atoms with E-state index in [1.807, 2.05) is 18.2 Å². The summed E-state index contributed by atoms with van der Waals surface area (Å²) in [7, 11) is 1.46. The van der Waals surface area contributed by atoms with Crippen LogP contribution in [0.3, 0.4) is 0 Å². The van der Waals surface area contributed by atoms with Gasteiger partial charge in [-0.2, -0.15) is 0 Å². The fourth-order valence-corrected chi connectivity index (χ4v) is 1.54. The summed E-state index contributed by atoms with van der Waals surface area (Å²) in [6.45, 7) is 0. The Labute approximate surface area is 103 Å². The second-order valence-electron chi connectivity index (χ2n) is 3.14. The van der Waals surface area contributed by atoms with E-state index in [0.717, 1.165) is 17.3 Å². The molecule has 0 bridgehead atoms. The molecule has 1 N–H and O–H groups in total. The van der Waals surface area contributed by atoms with Crippen LogP contribution in [0.15, 0.2) is 24.3 Å². The number of carboxylic acid groups (broad SMARTS) is 1. The molecule has 0 saturated carbocycles. The molecule has 3 nitrogen and oxygen atoms in total. The summed E-state index contributed by atoms with van der Waals surface area (Å²) in [5.74, 6) is -0.599. The lowest BCUT2D eigenvalue weighted by atomic mass is 10.1. The van der Waals surface area contributed by atoms with Crippen LogP contribution in [0, 0.1) is 0 Å². The van der Waals surface area contributed by atoms with E-state index in [1.165, 1.54) is 7.11 Å². The molecule has 0 amide bonds. The van der Waals surface area contributed by atoms with Crippen LogP contribution >= 0.6 is 15.9 Å². The lowest BCUT2D eigenvalue weighted by Gasteiger charge is -2.05. The van der Waals surface area contributed by atoms with Gasteiger partial charge in [-0.05, 0) is 24.1 Å². The summed E-state index contributed by atoms with van der Waals surface area (Å²) >= 11 is 3.32. The first-order valence-electron chi connectivity index (χ1n) is 4.83. The maximum absolute atomic E-state index is 11.0. The van der Waals surface area contributed by atoms with Crippen LogP contribution in [0.1, 0.15) is 22.3 Å². The Morgan fingerprint density at radius 1 is 1.56 bits per heavy atom. The molecule has 16 heavy (non-hydrogen) atoms. The minimum Gasteiger partial charge on any atom is -0.496 e. The van der Waals surface area contributed by atoms with E-state index in [0.29, 0.717) is 5.75 Å². The zero-order valence-corrected chi connectivity index (χ0v) is 10.5. The van der Waals surface area contributed by atoms with Crippen molar-refractivity contribution in [3.8, 4) is 5.75 Å². The minimum absolute atomic E-state index is 0.184. The van der Waals surface area contributed by atoms with Crippen LogP contribution < -0.4 is 4.74 Å². The van der Waals surface area contributed by atoms with Crippen LogP contribution in [-0.4, -0.2) is 23.5 Å². The lowest BCUT2D eigenvalue weighted by Crippen LogP contribution is -2.00. The van der Waals surface area contributed by atoms with E-state index in [2.05, 4.69) is 15.9 Å². The Kier molecular flexibility index (Phi) is 5.05. The van der Waals surface area contributed by atoms with Gasteiger partial charge in [0.15, 0.2) is 0 Å². The predicted molar refractivity (Wildman–Crippen MR) is 67.4 cm³/mol. The molecule has 0 aromatic heterocycles. The van der Waals surface area contributed by atoms with Gasteiger partial charge in [0.05, 0.1) is 7.11 Å². The number of carboxylic acids is 1. The van der Waals surface area contributed by atoms with Crippen molar-refractivity contribution in [2.45, 2.75) is 6.42 Å². The third kappa shape index (κ3) is 3.38. The number of aromatic carboxylic acids is 1. The Balaban J connectivity index is 2.98. The van der Waals surface area contributed by atoms with Crippen molar-refractivity contribution in [2.75, 3.05) is 12.4 Å². The average Bonchev–Trinajstić information content (AvgIpc) is 2.29. The summed E-state index contributed by atoms with van der Waals surface area (Å²) in [4.78, 5) is 11.0. The number of methoxy groups -OCH3 is 1. The molecule has 0 saturated heterocycles. The van der Waals surface area contributed by atoms with Crippen molar-refractivity contribution in [2.24, 2.45) is 0 Å². The highest BCUT2D eigenvalue weighted by Crippen LogP contribution is 2.20. The van der Waals surface area contributed by atoms with Crippen molar-refractivity contribution in [1.29, 1.82) is 0 Å². The first-order chi connectivity index (χ1) is 7.69. The molecule has 0 fully saturated rings. The third-order valence-corrected chi connectivity index (χ3v) is 2.50. The van der Waals surface area contributed by atoms with E-state index in [1.54, 1.807) is 12.1 Å². The van der Waals surface area contributed by atoms with Gasteiger partial charge in [-0.15, -0.1) is 0 Å². The van der Waals surface area contributed by atoms with Crippen molar-refractivity contribution in [3.63, 3.8) is 0 Å². The number of hydrogen-bond acceptors (Lipinski definition) is 2. The number of alkyl halides is 1. The van der Waals surface area contributed by atoms with Gasteiger partial charge in [0.1, 0.15) is 11.3 Å². The molecule has 1 aromatic rings. The molecule has 0 unspecified atom stereocenters. The van der Waals surface area contributed by atoms with E-state index in [4.69, 9.17) is 9.84 Å². The summed E-state index contributed by atoms with van der Waals surface area (Å²) in [5, 5.41) is 9.88. The van der Waals surface area contributed by atoms with Crippen LogP contribution in [0.25, 0.3) is 6.08 Å². The molecule has 0 aliphatic rings. The number of hydrogen-bond donors (Lipinski definition) is 1. The van der Waals surface area contributed by atoms with Gasteiger partial charge in [-0.3, -0.25) is 0 Å². The van der Waals surface area contributed by atoms with E-state index < -0.39 is 5.97 Å². The molecule has 1 rings (SSSR count). The van der Waals surface area contributed by atoms with Gasteiger partial charge in [0.25, 0.3) is 0 Å². The molecule has 0 aliphatic heterocycles. The van der Waals surface area contributed by atoms with Crippen molar-refractivity contribution < 1.29 is 14.6 Å². The molecule has 0 atom stereocenters. The number of halogens is 1. The summed E-state index contributed by atoms with van der Waals surface area (Å²) in [6, 6.07) is 5.10. The molecule has 0 radical (unpaired) electrons. The van der Waals surface area contributed by atoms with Crippen LogP contribution in [0.5, 0.6) is 5.75 Å². The quantitative estimate of drug-likeness (QED) is 0.845. The highest BCUT2D eigenvalue weighted by atomic mass is 79.9. The van der Waals surface area contributed by atoms with Crippen molar-refractivity contribution >= 4 is 28.0 Å². The van der Waals surface area contributed by atoms with Gasteiger partial charge < -0.3 is 9.84 Å². The predicted octanol–water partition coefficient (Wildman–Crippen LogP) is 3.19. The molecule has 0 aliphatic carbocycles. The first kappa shape index (κ1) is 12.8. The normalized spacial score (nSPS) is 10.6. The zero-order valence-electron chi connectivity index (χ0n) is 8.94. The number of allylic oxidation sites excluding steroid dienone is 1. The zero-order chi connectivity index (χ0) is 12.0. The fourth-order valence-electron chi connectivity index (χ4n) is 1.28. The molecule has 86 valence electrons. The number of carbonyl (C=O) groups is 1. The second kappa shape index (κ2) is 6.33. The Morgan fingerprint density at radius 2 is 2.31 bits per heavy atom. The molecule has 4 heteroatoms. The van der Waals surface area contributed by atoms with Crippen LogP contribution in [0.4, 0.5) is 0 Å². The highest BCUT2D eigenvalue weighted by Gasteiger charge is 2.10. The SMILES string of the molecule is COc1ccc(C=CCCBr)cc1C(=O)O. The summed E-state index contributed by atoms with van der Waals surface area (Å²) < 4.78 is 4.97. The average molecular weight is 285 g/mol. The van der Waals surface area contributed by atoms with Crippen molar-refractivity contribution in [3.05, 3.63) is 35.4 Å². The van der Waals surface area contributed by atoms with Gasteiger partial charge in [-0.25, -0.2) is 4.79 Å². The van der Waals surface area contributed by atoms with Gasteiger partial charge in [0.2, 0.25) is 0 Å². The van der Waals surface area contributed by atoms with E-state index in [9.17, 15) is 4.79 Å². The smallest absolute Gasteiger partial charge is 0.339 e. The molecular weight excluding hydrogens is 272 g/mol. The third-order valence-electron chi connectivity index (χ3n) is 2.04. The van der Waals surface area contributed by atoms with E-state index >= 15 is 0 Å². The maximum Gasteiger partial charge on any atom is 0.339 e. The van der Waals surface area contributed by atoms with Crippen molar-refractivity contribution in [1.82, 2.24) is 0 Å². The Morgan fingerprint density at radius 3 is 2.88 bits per heavy atom. The van der Waals surface area contributed by atoms with Gasteiger partial charge in [-0.1, -0.05) is 34.1 Å². The first-order valence-corrected chi connectivity index (χ1v) is 5.95. The fraction of sp³-hybridized carbons (Fsp3) is 0.250. The Bertz CT molecular complexity index is 399. The highest BCUT2D eigenvalue weighted by molar-refractivity contribution is 9.09. The Hall–Kier alpha value is -1.29. The van der Waals surface area contributed by atoms with Crippen LogP contribution in [-0.2, 0) is 0 Å². The summed E-state index contributed by atoms with van der Waals surface area (Å²) in [5.41, 5.74) is 1.04. The number of rotatable bonds is 5. The molecule has 0 heterocycles. The van der Waals surface area contributed by atoms with Gasteiger partial charge >= 0.3 is 5.97 Å². The minimum atomic E-state index is -0.979. The molecular formula is C12H13BrO3. The topological polar surface area (TPSA) is 46.5 Å². The number of ether oxygens (including phenoxy) is 1. The lowest BCUT2D eigenvalue weighted by molar-refractivity contribution is 0.0693. The van der Waals surface area contributed by atoms with Crippen LogP contribution in [0.2, 0.25) is 0 Å². The standard InChI is InChI=1S/C12H13BrO3/c1-16-11-6-5-9(4-2-3-7-13)8-10(11)12(14)15/h2,4-6,8H,3,7H2,1H3,(H,14,15). The van der Waals surface area contributed by atoms with Gasteiger partial charge in [0, 0.05) is 5.33 Å².